The maximum Gasteiger partial charge on any atom is 0.247 e. The summed E-state index contributed by atoms with van der Waals surface area (Å²) in [6.07, 6.45) is 0.635. The third-order valence-corrected chi connectivity index (χ3v) is 5.05. The van der Waals surface area contributed by atoms with Crippen LogP contribution in [0, 0.1) is 13.8 Å². The van der Waals surface area contributed by atoms with Gasteiger partial charge in [0.05, 0.1) is 17.9 Å². The zero-order valence-corrected chi connectivity index (χ0v) is 13.4. The molecule has 0 radical (unpaired) electrons. The first-order valence-corrected chi connectivity index (χ1v) is 7.87. The van der Waals surface area contributed by atoms with Crippen molar-refractivity contribution in [2.45, 2.75) is 32.1 Å². The lowest BCUT2D eigenvalue weighted by Gasteiger charge is -2.22. The fourth-order valence-corrected chi connectivity index (χ4v) is 3.69. The van der Waals surface area contributed by atoms with E-state index in [9.17, 15) is 13.2 Å². The Morgan fingerprint density at radius 1 is 1.30 bits per heavy atom. The minimum absolute atomic E-state index is 0.159. The fraction of sp³-hybridized carbons (Fsp3) is 0.667. The van der Waals surface area contributed by atoms with Crippen LogP contribution in [0.4, 0.5) is 0 Å². The second-order valence-electron chi connectivity index (χ2n) is 4.89. The smallest absolute Gasteiger partial charge is 0.247 e. The van der Waals surface area contributed by atoms with Crippen LogP contribution in [0.15, 0.2) is 4.90 Å². The van der Waals surface area contributed by atoms with Crippen LogP contribution in [0.2, 0.25) is 0 Å². The molecule has 114 valence electrons. The first-order valence-electron chi connectivity index (χ1n) is 6.43. The maximum absolute atomic E-state index is 12.7. The Balaban J connectivity index is 3.16. The van der Waals surface area contributed by atoms with Gasteiger partial charge in [-0.2, -0.15) is 9.40 Å². The first-order chi connectivity index (χ1) is 9.21. The van der Waals surface area contributed by atoms with Crippen molar-refractivity contribution in [3.63, 3.8) is 0 Å². The Kier molecular flexibility index (Phi) is 5.29. The molecular weight excluding hydrogens is 280 g/mol. The van der Waals surface area contributed by atoms with Crippen LogP contribution >= 0.6 is 0 Å². The summed E-state index contributed by atoms with van der Waals surface area (Å²) in [6.45, 7) is 5.30. The van der Waals surface area contributed by atoms with Gasteiger partial charge in [-0.3, -0.25) is 9.89 Å². The molecule has 0 aliphatic heterocycles. The van der Waals surface area contributed by atoms with Gasteiger partial charge in [0, 0.05) is 20.6 Å². The van der Waals surface area contributed by atoms with E-state index in [2.05, 4.69) is 10.2 Å². The zero-order chi connectivity index (χ0) is 15.5. The lowest BCUT2D eigenvalue weighted by Crippen LogP contribution is -2.40. The molecule has 0 atom stereocenters. The van der Waals surface area contributed by atoms with Crippen LogP contribution < -0.4 is 0 Å². The van der Waals surface area contributed by atoms with Gasteiger partial charge in [-0.1, -0.05) is 6.92 Å². The van der Waals surface area contributed by atoms with Gasteiger partial charge in [0.2, 0.25) is 15.9 Å². The fourth-order valence-electron chi connectivity index (χ4n) is 1.88. The third-order valence-electron chi connectivity index (χ3n) is 2.94. The second kappa shape index (κ2) is 6.36. The molecule has 0 spiro atoms. The molecule has 0 unspecified atom stereocenters. The Labute approximate surface area is 120 Å². The summed E-state index contributed by atoms with van der Waals surface area (Å²) in [5.74, 6) is -0.249. The summed E-state index contributed by atoms with van der Waals surface area (Å²) in [5.41, 5.74) is 0.904. The van der Waals surface area contributed by atoms with Crippen molar-refractivity contribution in [3.05, 3.63) is 11.4 Å². The number of aryl methyl sites for hydroxylation is 2. The quantitative estimate of drug-likeness (QED) is 0.830. The predicted molar refractivity (Wildman–Crippen MR) is 75.8 cm³/mol. The number of amides is 1. The topological polar surface area (TPSA) is 86.4 Å². The number of nitrogens with one attached hydrogen (secondary N) is 1. The van der Waals surface area contributed by atoms with E-state index in [0.717, 1.165) is 0 Å². The van der Waals surface area contributed by atoms with Gasteiger partial charge in [-0.25, -0.2) is 8.42 Å². The molecule has 1 rings (SSSR count). The number of rotatable bonds is 6. The average molecular weight is 302 g/mol. The molecule has 0 aliphatic carbocycles. The molecule has 0 aromatic carbocycles. The van der Waals surface area contributed by atoms with E-state index in [-0.39, 0.29) is 17.3 Å². The summed E-state index contributed by atoms with van der Waals surface area (Å²) in [7, 11) is -0.509. The molecule has 0 fully saturated rings. The van der Waals surface area contributed by atoms with E-state index in [4.69, 9.17) is 0 Å². The lowest BCUT2D eigenvalue weighted by molar-refractivity contribution is -0.128. The Hall–Kier alpha value is -1.41. The lowest BCUT2D eigenvalue weighted by atomic mass is 10.4. The van der Waals surface area contributed by atoms with Crippen molar-refractivity contribution in [1.29, 1.82) is 0 Å². The summed E-state index contributed by atoms with van der Waals surface area (Å²) < 4.78 is 26.6. The second-order valence-corrected chi connectivity index (χ2v) is 6.76. The summed E-state index contributed by atoms with van der Waals surface area (Å²) in [5, 5.41) is 6.58. The highest BCUT2D eigenvalue weighted by Gasteiger charge is 2.30. The predicted octanol–water partition coefficient (Wildman–Crippen LogP) is 0.515. The molecule has 7 nitrogen and oxygen atoms in total. The number of hydrogen-bond acceptors (Lipinski definition) is 4. The van der Waals surface area contributed by atoms with E-state index >= 15 is 0 Å². The number of nitrogens with zero attached hydrogens (tertiary/aromatic N) is 3. The van der Waals surface area contributed by atoms with Gasteiger partial charge in [0.15, 0.2) is 0 Å². The van der Waals surface area contributed by atoms with Gasteiger partial charge in [0.1, 0.15) is 4.90 Å². The zero-order valence-electron chi connectivity index (χ0n) is 12.6. The van der Waals surface area contributed by atoms with Crippen molar-refractivity contribution in [1.82, 2.24) is 19.4 Å². The Morgan fingerprint density at radius 2 is 1.90 bits per heavy atom. The van der Waals surface area contributed by atoms with Crippen LogP contribution in [-0.2, 0) is 14.8 Å². The van der Waals surface area contributed by atoms with Crippen LogP contribution in [0.3, 0.4) is 0 Å². The van der Waals surface area contributed by atoms with Crippen molar-refractivity contribution in [2.75, 3.05) is 27.2 Å². The molecule has 1 aromatic rings. The molecule has 20 heavy (non-hydrogen) atoms. The van der Waals surface area contributed by atoms with E-state index in [1.54, 1.807) is 27.9 Å². The van der Waals surface area contributed by atoms with Crippen molar-refractivity contribution < 1.29 is 13.2 Å². The highest BCUT2D eigenvalue weighted by Crippen LogP contribution is 2.21. The van der Waals surface area contributed by atoms with Gasteiger partial charge in [0.25, 0.3) is 0 Å². The molecule has 1 aromatic heterocycles. The van der Waals surface area contributed by atoms with Crippen LogP contribution in [0.25, 0.3) is 0 Å². The standard InChI is InChI=1S/C12H22N4O3S/c1-6-7-16(8-11(17)15(4)5)20(18,19)12-9(2)13-14-10(12)3/h6-8H2,1-5H3,(H,13,14). The normalized spacial score (nSPS) is 11.9. The molecule has 0 aliphatic rings. The number of aromatic amines is 1. The SMILES string of the molecule is CCCN(CC(=O)N(C)C)S(=O)(=O)c1c(C)n[nH]c1C. The molecule has 0 saturated carbocycles. The first kappa shape index (κ1) is 16.6. The van der Waals surface area contributed by atoms with E-state index in [1.807, 2.05) is 6.92 Å². The number of hydrogen-bond donors (Lipinski definition) is 1. The van der Waals surface area contributed by atoms with E-state index < -0.39 is 10.0 Å². The minimum Gasteiger partial charge on any atom is -0.348 e. The van der Waals surface area contributed by atoms with Crippen molar-refractivity contribution in [3.8, 4) is 0 Å². The largest absolute Gasteiger partial charge is 0.348 e. The van der Waals surface area contributed by atoms with E-state index in [1.165, 1.54) is 9.21 Å². The van der Waals surface area contributed by atoms with Crippen LogP contribution in [0.5, 0.6) is 0 Å². The van der Waals surface area contributed by atoms with E-state index in [0.29, 0.717) is 24.4 Å². The van der Waals surface area contributed by atoms with Gasteiger partial charge in [-0.15, -0.1) is 0 Å². The summed E-state index contributed by atoms with van der Waals surface area (Å²) >= 11 is 0. The number of aromatic nitrogens is 2. The average Bonchev–Trinajstić information content (AvgIpc) is 2.68. The minimum atomic E-state index is -3.72. The van der Waals surface area contributed by atoms with Crippen LogP contribution in [-0.4, -0.2) is 60.9 Å². The Morgan fingerprint density at radius 3 is 2.30 bits per heavy atom. The molecular formula is C12H22N4O3S. The number of carbonyl (C=O) groups is 1. The molecule has 0 saturated heterocycles. The number of carbonyl (C=O) groups excluding carboxylic acids is 1. The van der Waals surface area contributed by atoms with Crippen molar-refractivity contribution >= 4 is 15.9 Å². The summed E-state index contributed by atoms with van der Waals surface area (Å²) in [4.78, 5) is 13.4. The Bertz CT molecular complexity index is 558. The van der Waals surface area contributed by atoms with Gasteiger partial charge >= 0.3 is 0 Å². The number of sulfonamides is 1. The summed E-state index contributed by atoms with van der Waals surface area (Å²) in [6, 6.07) is 0. The number of likely N-dealkylation sites (N-methyl/N-ethyl adjacent to an activating group) is 1. The molecule has 1 heterocycles. The highest BCUT2D eigenvalue weighted by atomic mass is 32.2. The third kappa shape index (κ3) is 3.37. The van der Waals surface area contributed by atoms with Crippen LogP contribution in [0.1, 0.15) is 24.7 Å². The molecule has 0 bridgehead atoms. The highest BCUT2D eigenvalue weighted by molar-refractivity contribution is 7.89. The molecule has 8 heteroatoms. The molecule has 1 N–H and O–H groups in total. The molecule has 1 amide bonds. The van der Waals surface area contributed by atoms with Crippen molar-refractivity contribution in [2.24, 2.45) is 0 Å². The van der Waals surface area contributed by atoms with Gasteiger partial charge < -0.3 is 4.90 Å². The van der Waals surface area contributed by atoms with Gasteiger partial charge in [-0.05, 0) is 20.3 Å². The maximum atomic E-state index is 12.7. The number of H-pyrrole nitrogens is 1. The monoisotopic (exact) mass is 302 g/mol.